The van der Waals surface area contributed by atoms with Gasteiger partial charge >= 0.3 is 0 Å². The van der Waals surface area contributed by atoms with Gasteiger partial charge in [-0.15, -0.1) is 0 Å². The Labute approximate surface area is 86.4 Å². The highest BCUT2D eigenvalue weighted by atomic mass is 16.6. The van der Waals surface area contributed by atoms with Crippen LogP contribution in [0.3, 0.4) is 0 Å². The number of nitro groups is 1. The smallest absolute Gasteiger partial charge is 0.270 e. The van der Waals surface area contributed by atoms with Crippen LogP contribution in [-0.4, -0.2) is 27.8 Å². The van der Waals surface area contributed by atoms with Gasteiger partial charge in [-0.1, -0.05) is 12.1 Å². The minimum atomic E-state index is -0.939. The molecular weight excluding hydrogens is 202 g/mol. The van der Waals surface area contributed by atoms with Crippen LogP contribution in [0.5, 0.6) is 0 Å². The van der Waals surface area contributed by atoms with E-state index in [-0.39, 0.29) is 5.71 Å². The van der Waals surface area contributed by atoms with Gasteiger partial charge in [-0.2, -0.15) is 0 Å². The first kappa shape index (κ1) is 13.1. The van der Waals surface area contributed by atoms with Gasteiger partial charge in [0.25, 0.3) is 5.91 Å². The number of oxime groups is 1. The van der Waals surface area contributed by atoms with Crippen LogP contribution in [0.15, 0.2) is 16.8 Å². The van der Waals surface area contributed by atoms with Gasteiger partial charge in [-0.3, -0.25) is 14.9 Å². The summed E-state index contributed by atoms with van der Waals surface area (Å²) in [4.78, 5) is 20.7. The molecule has 0 fully saturated rings. The monoisotopic (exact) mass is 215 g/mol. The third-order valence-corrected chi connectivity index (χ3v) is 1.94. The predicted octanol–water partition coefficient (Wildman–Crippen LogP) is 0.304. The number of carbonyl (C=O) groups is 1. The number of amides is 1. The molecule has 1 unspecified atom stereocenters. The number of carbonyl (C=O) groups excluding carboxylic acids is 1. The average molecular weight is 215 g/mol. The fraction of sp³-hybridized carbons (Fsp3) is 0.500. The Balaban J connectivity index is 5.03. The molecule has 0 aromatic carbocycles. The SMILES string of the molecule is CC/C(=C\C(=NO)C(N)=O)C(C)[N+](=O)[O-]. The fourth-order valence-electron chi connectivity index (χ4n) is 0.978. The molecule has 0 aliphatic heterocycles. The molecule has 0 saturated carbocycles. The van der Waals surface area contributed by atoms with E-state index in [4.69, 9.17) is 10.9 Å². The van der Waals surface area contributed by atoms with Gasteiger partial charge in [-0.05, 0) is 12.5 Å². The van der Waals surface area contributed by atoms with Crippen molar-refractivity contribution in [3.8, 4) is 0 Å². The van der Waals surface area contributed by atoms with Crippen molar-refractivity contribution in [2.45, 2.75) is 26.3 Å². The maximum atomic E-state index is 10.7. The summed E-state index contributed by atoms with van der Waals surface area (Å²) in [5, 5.41) is 21.6. The molecule has 0 saturated heterocycles. The van der Waals surface area contributed by atoms with Crippen LogP contribution in [0.1, 0.15) is 20.3 Å². The van der Waals surface area contributed by atoms with Crippen molar-refractivity contribution in [3.05, 3.63) is 21.8 Å². The highest BCUT2D eigenvalue weighted by molar-refractivity contribution is 6.42. The van der Waals surface area contributed by atoms with Crippen molar-refractivity contribution in [2.75, 3.05) is 0 Å². The van der Waals surface area contributed by atoms with Gasteiger partial charge < -0.3 is 10.9 Å². The number of primary amides is 1. The van der Waals surface area contributed by atoms with E-state index in [9.17, 15) is 14.9 Å². The Morgan fingerprint density at radius 3 is 2.53 bits per heavy atom. The molecule has 0 bridgehead atoms. The van der Waals surface area contributed by atoms with Crippen molar-refractivity contribution >= 4 is 11.6 Å². The average Bonchev–Trinajstić information content (AvgIpc) is 2.18. The molecule has 15 heavy (non-hydrogen) atoms. The van der Waals surface area contributed by atoms with E-state index >= 15 is 0 Å². The van der Waals surface area contributed by atoms with E-state index in [0.717, 1.165) is 6.08 Å². The molecule has 0 heterocycles. The summed E-state index contributed by atoms with van der Waals surface area (Å²) in [5.74, 6) is -0.931. The van der Waals surface area contributed by atoms with E-state index in [1.54, 1.807) is 6.92 Å². The zero-order valence-corrected chi connectivity index (χ0v) is 8.51. The van der Waals surface area contributed by atoms with Gasteiger partial charge in [0.05, 0.1) is 0 Å². The van der Waals surface area contributed by atoms with Gasteiger partial charge in [-0.25, -0.2) is 0 Å². The molecular formula is C8H13N3O4. The Bertz CT molecular complexity index is 322. The van der Waals surface area contributed by atoms with Crippen LogP contribution in [0, 0.1) is 10.1 Å². The predicted molar refractivity (Wildman–Crippen MR) is 53.2 cm³/mol. The summed E-state index contributed by atoms with van der Waals surface area (Å²) < 4.78 is 0. The quantitative estimate of drug-likeness (QED) is 0.296. The summed E-state index contributed by atoms with van der Waals surface area (Å²) >= 11 is 0. The highest BCUT2D eigenvalue weighted by Gasteiger charge is 2.19. The summed E-state index contributed by atoms with van der Waals surface area (Å²) in [5.41, 5.74) is 4.86. The lowest BCUT2D eigenvalue weighted by atomic mass is 10.0. The summed E-state index contributed by atoms with van der Waals surface area (Å²) in [6.45, 7) is 3.08. The Kier molecular flexibility index (Phi) is 5.00. The standard InChI is InChI=1S/C8H13N3O4/c1-3-6(5(2)11(14)15)4-7(10-13)8(9)12/h4-5,13H,3H2,1-2H3,(H2,9,12)/b6-4+,10-7?. The molecule has 0 aliphatic carbocycles. The van der Waals surface area contributed by atoms with Crippen molar-refractivity contribution in [2.24, 2.45) is 10.9 Å². The fourth-order valence-corrected chi connectivity index (χ4v) is 0.978. The number of hydrogen-bond acceptors (Lipinski definition) is 5. The largest absolute Gasteiger partial charge is 0.410 e. The third-order valence-electron chi connectivity index (χ3n) is 1.94. The van der Waals surface area contributed by atoms with E-state index in [1.165, 1.54) is 6.92 Å². The van der Waals surface area contributed by atoms with Crippen molar-refractivity contribution in [1.29, 1.82) is 0 Å². The van der Waals surface area contributed by atoms with E-state index in [1.807, 2.05) is 0 Å². The van der Waals surface area contributed by atoms with E-state index in [2.05, 4.69) is 5.16 Å². The normalized spacial score (nSPS) is 14.8. The zero-order chi connectivity index (χ0) is 12.0. The lowest BCUT2D eigenvalue weighted by molar-refractivity contribution is -0.507. The van der Waals surface area contributed by atoms with Gasteiger partial charge in [0.2, 0.25) is 6.04 Å². The number of nitrogens with two attached hydrogens (primary N) is 1. The maximum absolute atomic E-state index is 10.7. The van der Waals surface area contributed by atoms with Crippen molar-refractivity contribution < 1.29 is 14.9 Å². The van der Waals surface area contributed by atoms with Crippen LogP contribution >= 0.6 is 0 Å². The minimum Gasteiger partial charge on any atom is -0.410 e. The van der Waals surface area contributed by atoms with Crippen LogP contribution in [0.2, 0.25) is 0 Å². The van der Waals surface area contributed by atoms with Gasteiger partial charge in [0.1, 0.15) is 0 Å². The first-order valence-electron chi connectivity index (χ1n) is 4.29. The first-order valence-corrected chi connectivity index (χ1v) is 4.29. The summed E-state index contributed by atoms with van der Waals surface area (Å²) in [7, 11) is 0. The minimum absolute atomic E-state index is 0.367. The molecule has 1 atom stereocenters. The molecule has 0 aromatic heterocycles. The van der Waals surface area contributed by atoms with Crippen LogP contribution in [0.25, 0.3) is 0 Å². The molecule has 0 rings (SSSR count). The van der Waals surface area contributed by atoms with E-state index < -0.39 is 16.9 Å². The maximum Gasteiger partial charge on any atom is 0.270 e. The third kappa shape index (κ3) is 3.75. The molecule has 0 aromatic rings. The Morgan fingerprint density at radius 2 is 2.27 bits per heavy atom. The van der Waals surface area contributed by atoms with Crippen molar-refractivity contribution in [3.63, 3.8) is 0 Å². The molecule has 0 radical (unpaired) electrons. The lowest BCUT2D eigenvalue weighted by Crippen LogP contribution is -2.24. The summed E-state index contributed by atoms with van der Waals surface area (Å²) in [6, 6.07) is -0.939. The molecule has 7 nitrogen and oxygen atoms in total. The number of rotatable bonds is 5. The topological polar surface area (TPSA) is 119 Å². The highest BCUT2D eigenvalue weighted by Crippen LogP contribution is 2.10. The van der Waals surface area contributed by atoms with Crippen LogP contribution in [0.4, 0.5) is 0 Å². The van der Waals surface area contributed by atoms with Gasteiger partial charge in [0, 0.05) is 17.4 Å². The zero-order valence-electron chi connectivity index (χ0n) is 8.51. The second kappa shape index (κ2) is 5.74. The second-order valence-corrected chi connectivity index (χ2v) is 2.88. The van der Waals surface area contributed by atoms with Crippen LogP contribution in [-0.2, 0) is 4.79 Å². The molecule has 0 aliphatic rings. The lowest BCUT2D eigenvalue weighted by Gasteiger charge is -2.06. The van der Waals surface area contributed by atoms with Crippen molar-refractivity contribution in [1.82, 2.24) is 0 Å². The Hall–Kier alpha value is -1.92. The van der Waals surface area contributed by atoms with E-state index in [0.29, 0.717) is 12.0 Å². The molecule has 7 heteroatoms. The molecule has 1 amide bonds. The molecule has 84 valence electrons. The second-order valence-electron chi connectivity index (χ2n) is 2.88. The Morgan fingerprint density at radius 1 is 1.73 bits per heavy atom. The molecule has 3 N–H and O–H groups in total. The van der Waals surface area contributed by atoms with Gasteiger partial charge in [0.15, 0.2) is 5.71 Å². The number of nitrogens with zero attached hydrogens (tertiary/aromatic N) is 2. The molecule has 0 spiro atoms. The summed E-state index contributed by atoms with van der Waals surface area (Å²) in [6.07, 6.45) is 1.50. The van der Waals surface area contributed by atoms with Crippen LogP contribution < -0.4 is 5.73 Å². The number of hydrogen-bond donors (Lipinski definition) is 2. The first-order chi connectivity index (χ1) is 6.93.